The van der Waals surface area contributed by atoms with Crippen LogP contribution in [-0.4, -0.2) is 80.3 Å². The third-order valence-corrected chi connectivity index (χ3v) is 6.94. The van der Waals surface area contributed by atoms with Crippen molar-refractivity contribution in [2.24, 2.45) is 11.8 Å². The molecule has 1 aromatic rings. The Balaban J connectivity index is 0.00000171. The molecule has 1 N–H and O–H groups in total. The Hall–Kier alpha value is -1.12. The molecule has 4 rings (SSSR count). The number of pyridine rings is 1. The van der Waals surface area contributed by atoms with Crippen LogP contribution < -0.4 is 10.9 Å². The van der Waals surface area contributed by atoms with Gasteiger partial charge in [-0.3, -0.25) is 9.59 Å². The number of halogens is 2. The van der Waals surface area contributed by atoms with Gasteiger partial charge in [0.2, 0.25) is 0 Å². The summed E-state index contributed by atoms with van der Waals surface area (Å²) in [5, 5.41) is 3.46. The first-order valence-corrected chi connectivity index (χ1v) is 11.0. The summed E-state index contributed by atoms with van der Waals surface area (Å²) in [5.74, 6) is 1.24. The molecule has 0 unspecified atom stereocenters. The highest BCUT2D eigenvalue weighted by Crippen LogP contribution is 2.31. The van der Waals surface area contributed by atoms with E-state index in [4.69, 9.17) is 4.74 Å². The van der Waals surface area contributed by atoms with Crippen LogP contribution in [0.5, 0.6) is 0 Å². The van der Waals surface area contributed by atoms with Gasteiger partial charge in [0, 0.05) is 51.9 Å². The highest BCUT2D eigenvalue weighted by molar-refractivity contribution is 5.93. The number of hydrogen-bond acceptors (Lipinski definition) is 5. The maximum atomic E-state index is 13.1. The van der Waals surface area contributed by atoms with E-state index < -0.39 is 0 Å². The van der Waals surface area contributed by atoms with Gasteiger partial charge in [0.05, 0.1) is 6.61 Å². The largest absolute Gasteiger partial charge is 0.383 e. The van der Waals surface area contributed by atoms with Crippen LogP contribution in [0, 0.1) is 11.8 Å². The lowest BCUT2D eigenvalue weighted by molar-refractivity contribution is 0.0721. The van der Waals surface area contributed by atoms with Crippen LogP contribution in [0.4, 0.5) is 0 Å². The zero-order chi connectivity index (χ0) is 20.4. The van der Waals surface area contributed by atoms with Gasteiger partial charge in [-0.2, -0.15) is 0 Å². The molecule has 0 spiro atoms. The fraction of sp³-hybridized carbons (Fsp3) is 0.727. The smallest absolute Gasteiger partial charge is 0.263 e. The van der Waals surface area contributed by atoms with Gasteiger partial charge in [0.25, 0.3) is 11.5 Å². The minimum atomic E-state index is -0.138. The molecule has 0 aliphatic carbocycles. The minimum Gasteiger partial charge on any atom is -0.383 e. The van der Waals surface area contributed by atoms with Crippen LogP contribution in [0.15, 0.2) is 16.9 Å². The number of piperidine rings is 2. The average Bonchev–Trinajstić information content (AvgIpc) is 2.74. The minimum absolute atomic E-state index is 0. The second-order valence-corrected chi connectivity index (χ2v) is 9.01. The first-order valence-electron chi connectivity index (χ1n) is 11.0. The quantitative estimate of drug-likeness (QED) is 0.680. The summed E-state index contributed by atoms with van der Waals surface area (Å²) in [6, 6.07) is 3.76. The summed E-state index contributed by atoms with van der Waals surface area (Å²) in [4.78, 5) is 30.3. The van der Waals surface area contributed by atoms with E-state index in [2.05, 4.69) is 10.2 Å². The summed E-state index contributed by atoms with van der Waals surface area (Å²) in [5.41, 5.74) is 1.30. The van der Waals surface area contributed by atoms with Crippen LogP contribution >= 0.6 is 24.8 Å². The molecule has 3 aliphatic rings. The van der Waals surface area contributed by atoms with Crippen molar-refractivity contribution in [3.63, 3.8) is 0 Å². The topological polar surface area (TPSA) is 66.8 Å². The number of rotatable bonds is 6. The number of fused-ring (bicyclic) bond motifs is 4. The van der Waals surface area contributed by atoms with E-state index in [1.807, 2.05) is 17.7 Å². The zero-order valence-corrected chi connectivity index (χ0v) is 20.2. The summed E-state index contributed by atoms with van der Waals surface area (Å²) in [6.45, 7) is 7.17. The van der Waals surface area contributed by atoms with Crippen molar-refractivity contribution in [2.45, 2.75) is 31.7 Å². The highest BCUT2D eigenvalue weighted by atomic mass is 35.5. The Morgan fingerprint density at radius 1 is 1.23 bits per heavy atom. The number of carbonyl (C=O) groups is 1. The molecule has 9 heteroatoms. The van der Waals surface area contributed by atoms with Crippen molar-refractivity contribution in [2.75, 3.05) is 60.0 Å². The van der Waals surface area contributed by atoms with Crippen LogP contribution in [0.25, 0.3) is 0 Å². The van der Waals surface area contributed by atoms with E-state index in [1.54, 1.807) is 18.1 Å². The standard InChI is InChI=1S/C22H34N4O3.2ClH/c1-24(14-16-5-7-25(8-6-16)9-10-29-2)21(27)19-3-4-20-18-11-17(12-23-13-18)15-26(20)22(19)28;;/h3-4,16-18,23H,5-15H2,1-2H3;2*1H/t17-,18+;;/m0../s1. The number of nitrogens with zero attached hydrogens (tertiary/aromatic N) is 3. The molecular weight excluding hydrogens is 439 g/mol. The second kappa shape index (κ2) is 11.7. The van der Waals surface area contributed by atoms with Crippen LogP contribution in [-0.2, 0) is 11.3 Å². The number of hydrogen-bond donors (Lipinski definition) is 1. The van der Waals surface area contributed by atoms with Crippen molar-refractivity contribution in [3.8, 4) is 0 Å². The van der Waals surface area contributed by atoms with E-state index in [1.165, 1.54) is 0 Å². The lowest BCUT2D eigenvalue weighted by Gasteiger charge is -2.37. The Kier molecular flexibility index (Phi) is 9.83. The van der Waals surface area contributed by atoms with Gasteiger partial charge >= 0.3 is 0 Å². The number of aromatic nitrogens is 1. The van der Waals surface area contributed by atoms with Crippen LogP contribution in [0.2, 0.25) is 0 Å². The van der Waals surface area contributed by atoms with Gasteiger partial charge in [-0.25, -0.2) is 0 Å². The second-order valence-electron chi connectivity index (χ2n) is 9.01. The van der Waals surface area contributed by atoms with Gasteiger partial charge in [0.1, 0.15) is 5.56 Å². The Morgan fingerprint density at radius 3 is 2.68 bits per heavy atom. The number of nitrogens with one attached hydrogen (secondary N) is 1. The molecule has 2 fully saturated rings. The third kappa shape index (κ3) is 5.82. The van der Waals surface area contributed by atoms with Crippen LogP contribution in [0.1, 0.15) is 41.2 Å². The van der Waals surface area contributed by atoms with Crippen molar-refractivity contribution in [1.29, 1.82) is 0 Å². The SMILES string of the molecule is COCCN1CCC(CN(C)C(=O)c2ccc3n(c2=O)C[C@@H]2CNC[C@H]3C2)CC1.Cl.Cl. The summed E-state index contributed by atoms with van der Waals surface area (Å²) in [7, 11) is 3.57. The monoisotopic (exact) mass is 474 g/mol. The molecule has 0 aromatic carbocycles. The van der Waals surface area contributed by atoms with Crippen molar-refractivity contribution in [1.82, 2.24) is 19.7 Å². The Labute approximate surface area is 197 Å². The first-order chi connectivity index (χ1) is 14.1. The van der Waals surface area contributed by atoms with Gasteiger partial charge < -0.3 is 24.4 Å². The molecule has 3 aliphatic heterocycles. The van der Waals surface area contributed by atoms with E-state index in [9.17, 15) is 9.59 Å². The number of likely N-dealkylation sites (tertiary alicyclic amines) is 1. The van der Waals surface area contributed by atoms with E-state index >= 15 is 0 Å². The van der Waals surface area contributed by atoms with Crippen molar-refractivity contribution in [3.05, 3.63) is 33.7 Å². The van der Waals surface area contributed by atoms with Gasteiger partial charge in [-0.05, 0) is 62.9 Å². The van der Waals surface area contributed by atoms with Crippen LogP contribution in [0.3, 0.4) is 0 Å². The van der Waals surface area contributed by atoms with Gasteiger partial charge in [-0.15, -0.1) is 24.8 Å². The molecule has 2 saturated heterocycles. The fourth-order valence-corrected chi connectivity index (χ4v) is 5.24. The number of methoxy groups -OCH3 is 1. The van der Waals surface area contributed by atoms with E-state index in [0.717, 1.165) is 70.8 Å². The molecule has 0 saturated carbocycles. The molecule has 0 radical (unpaired) electrons. The maximum absolute atomic E-state index is 13.1. The van der Waals surface area contributed by atoms with E-state index in [0.29, 0.717) is 29.9 Å². The highest BCUT2D eigenvalue weighted by Gasteiger charge is 2.32. The number of ether oxygens (including phenoxy) is 1. The molecule has 7 nitrogen and oxygen atoms in total. The molecule has 31 heavy (non-hydrogen) atoms. The molecule has 2 atom stereocenters. The third-order valence-electron chi connectivity index (χ3n) is 6.94. The lowest BCUT2D eigenvalue weighted by atomic mass is 9.84. The molecule has 4 heterocycles. The van der Waals surface area contributed by atoms with Crippen molar-refractivity contribution >= 4 is 30.7 Å². The molecular formula is C22H36Cl2N4O3. The van der Waals surface area contributed by atoms with Gasteiger partial charge in [-0.1, -0.05) is 0 Å². The Morgan fingerprint density at radius 2 is 1.97 bits per heavy atom. The molecule has 1 amide bonds. The maximum Gasteiger partial charge on any atom is 0.263 e. The van der Waals surface area contributed by atoms with Gasteiger partial charge in [0.15, 0.2) is 0 Å². The Bertz CT molecular complexity index is 795. The van der Waals surface area contributed by atoms with E-state index in [-0.39, 0.29) is 36.3 Å². The number of carbonyl (C=O) groups excluding carboxylic acids is 1. The lowest BCUT2D eigenvalue weighted by Crippen LogP contribution is -2.46. The fourth-order valence-electron chi connectivity index (χ4n) is 5.24. The number of amides is 1. The molecule has 2 bridgehead atoms. The normalized spacial score (nSPS) is 23.3. The molecule has 1 aromatic heterocycles. The van der Waals surface area contributed by atoms with Crippen molar-refractivity contribution < 1.29 is 9.53 Å². The molecule has 176 valence electrons. The summed E-state index contributed by atoms with van der Waals surface area (Å²) >= 11 is 0. The summed E-state index contributed by atoms with van der Waals surface area (Å²) in [6.07, 6.45) is 3.31. The predicted octanol–water partition coefficient (Wildman–Crippen LogP) is 1.83. The average molecular weight is 475 g/mol. The first kappa shape index (κ1) is 26.1. The summed E-state index contributed by atoms with van der Waals surface area (Å²) < 4.78 is 7.03. The predicted molar refractivity (Wildman–Crippen MR) is 127 cm³/mol. The zero-order valence-electron chi connectivity index (χ0n) is 18.5.